The minimum atomic E-state index is -0.286. The Labute approximate surface area is 171 Å². The van der Waals surface area contributed by atoms with Gasteiger partial charge in [0.15, 0.2) is 0 Å². The molecule has 1 aromatic heterocycles. The second-order valence-corrected chi connectivity index (χ2v) is 7.87. The smallest absolute Gasteiger partial charge is 0.251 e. The van der Waals surface area contributed by atoms with Crippen molar-refractivity contribution in [3.05, 3.63) is 36.2 Å². The Hall–Kier alpha value is -2.67. The lowest BCUT2D eigenvalue weighted by molar-refractivity contribution is -0.143. The fourth-order valence-corrected chi connectivity index (χ4v) is 4.11. The van der Waals surface area contributed by atoms with E-state index < -0.39 is 0 Å². The largest absolute Gasteiger partial charge is 0.368 e. The molecule has 0 radical (unpaired) electrons. The molecule has 7 nitrogen and oxygen atoms in total. The van der Waals surface area contributed by atoms with Crippen LogP contribution in [-0.4, -0.2) is 52.1 Å². The molecule has 2 aromatic rings. The van der Waals surface area contributed by atoms with Gasteiger partial charge in [0.25, 0.3) is 5.91 Å². The minimum absolute atomic E-state index is 0.00519. The lowest BCUT2D eigenvalue weighted by Gasteiger charge is -2.32. The molecule has 2 amide bonds. The molecule has 1 unspecified atom stereocenters. The van der Waals surface area contributed by atoms with Gasteiger partial charge in [-0.3, -0.25) is 9.59 Å². The predicted molar refractivity (Wildman–Crippen MR) is 110 cm³/mol. The number of likely N-dealkylation sites (tertiary alicyclic amines) is 1. The van der Waals surface area contributed by atoms with Crippen LogP contribution in [0.1, 0.15) is 31.5 Å². The predicted octanol–water partition coefficient (Wildman–Crippen LogP) is 2.75. The molecule has 0 spiro atoms. The monoisotopic (exact) mass is 396 g/mol. The molecule has 1 N–H and O–H groups in total. The zero-order valence-electron chi connectivity index (χ0n) is 17.1. The second kappa shape index (κ2) is 8.37. The number of aromatic nitrogens is 2. The standard InChI is InChI=1S/C22H28N4O3/c1-15-23-19(16-7-4-3-5-8-16)20(25(15)2)24-21(27)17-10-12-26(13-11-17)22(28)18-9-6-14-29-18/h3-5,7-8,17-18H,6,9-14H2,1-2H3,(H,24,27). The van der Waals surface area contributed by atoms with Crippen LogP contribution < -0.4 is 5.32 Å². The summed E-state index contributed by atoms with van der Waals surface area (Å²) in [5.74, 6) is 1.53. The van der Waals surface area contributed by atoms with Crippen molar-refractivity contribution in [3.8, 4) is 11.3 Å². The van der Waals surface area contributed by atoms with E-state index >= 15 is 0 Å². The number of rotatable bonds is 4. The van der Waals surface area contributed by atoms with Gasteiger partial charge in [-0.15, -0.1) is 0 Å². The molecule has 2 fully saturated rings. The maximum absolute atomic E-state index is 13.0. The molecule has 2 aliphatic rings. The van der Waals surface area contributed by atoms with Crippen LogP contribution in [0, 0.1) is 12.8 Å². The highest BCUT2D eigenvalue weighted by molar-refractivity contribution is 5.95. The van der Waals surface area contributed by atoms with Crippen molar-refractivity contribution in [2.75, 3.05) is 25.0 Å². The maximum Gasteiger partial charge on any atom is 0.251 e. The Balaban J connectivity index is 1.41. The molecular weight excluding hydrogens is 368 g/mol. The lowest BCUT2D eigenvalue weighted by Crippen LogP contribution is -2.45. The van der Waals surface area contributed by atoms with Crippen molar-refractivity contribution in [2.45, 2.75) is 38.7 Å². The van der Waals surface area contributed by atoms with Crippen molar-refractivity contribution >= 4 is 17.6 Å². The molecule has 29 heavy (non-hydrogen) atoms. The van der Waals surface area contributed by atoms with Crippen molar-refractivity contribution in [1.29, 1.82) is 0 Å². The Kier molecular flexibility index (Phi) is 5.67. The summed E-state index contributed by atoms with van der Waals surface area (Å²) in [7, 11) is 1.91. The van der Waals surface area contributed by atoms with Crippen LogP contribution in [0.25, 0.3) is 11.3 Å². The van der Waals surface area contributed by atoms with E-state index in [0.29, 0.717) is 32.5 Å². The van der Waals surface area contributed by atoms with Crippen LogP contribution in [0.3, 0.4) is 0 Å². The topological polar surface area (TPSA) is 76.5 Å². The number of nitrogens with one attached hydrogen (secondary N) is 1. The van der Waals surface area contributed by atoms with E-state index in [1.165, 1.54) is 0 Å². The zero-order valence-corrected chi connectivity index (χ0v) is 17.1. The van der Waals surface area contributed by atoms with Crippen molar-refractivity contribution in [2.24, 2.45) is 13.0 Å². The molecule has 2 aliphatic heterocycles. The quantitative estimate of drug-likeness (QED) is 0.862. The number of nitrogens with zero attached hydrogens (tertiary/aromatic N) is 3. The van der Waals surface area contributed by atoms with Crippen LogP contribution in [0.15, 0.2) is 30.3 Å². The summed E-state index contributed by atoms with van der Waals surface area (Å²) in [6, 6.07) is 9.87. The number of amides is 2. The molecule has 3 heterocycles. The SMILES string of the molecule is Cc1nc(-c2ccccc2)c(NC(=O)C2CCN(C(=O)C3CCCO3)CC2)n1C. The molecule has 4 rings (SSSR count). The fourth-order valence-electron chi connectivity index (χ4n) is 4.11. The van der Waals surface area contributed by atoms with Gasteiger partial charge < -0.3 is 19.5 Å². The third-order valence-corrected chi connectivity index (χ3v) is 5.99. The Morgan fingerprint density at radius 1 is 1.14 bits per heavy atom. The Bertz CT molecular complexity index is 879. The molecule has 1 aromatic carbocycles. The summed E-state index contributed by atoms with van der Waals surface area (Å²) in [6.07, 6.45) is 2.81. The highest BCUT2D eigenvalue weighted by Gasteiger charge is 2.33. The van der Waals surface area contributed by atoms with Gasteiger partial charge in [0.05, 0.1) is 0 Å². The van der Waals surface area contributed by atoms with E-state index in [2.05, 4.69) is 10.3 Å². The highest BCUT2D eigenvalue weighted by Crippen LogP contribution is 2.29. The molecular formula is C22H28N4O3. The van der Waals surface area contributed by atoms with E-state index in [9.17, 15) is 9.59 Å². The lowest BCUT2D eigenvalue weighted by atomic mass is 9.95. The first kappa shape index (κ1) is 19.6. The summed E-state index contributed by atoms with van der Waals surface area (Å²) in [6.45, 7) is 3.81. The normalized spacial score (nSPS) is 20.1. The van der Waals surface area contributed by atoms with Crippen LogP contribution in [0.5, 0.6) is 0 Å². The molecule has 7 heteroatoms. The summed E-state index contributed by atoms with van der Waals surface area (Å²) in [5, 5.41) is 3.10. The number of hydrogen-bond acceptors (Lipinski definition) is 4. The van der Waals surface area contributed by atoms with E-state index in [1.54, 1.807) is 0 Å². The minimum Gasteiger partial charge on any atom is -0.368 e. The molecule has 2 saturated heterocycles. The summed E-state index contributed by atoms with van der Waals surface area (Å²) in [5.41, 5.74) is 1.76. The van der Waals surface area contributed by atoms with Gasteiger partial charge in [0.2, 0.25) is 5.91 Å². The first-order valence-corrected chi connectivity index (χ1v) is 10.3. The molecule has 154 valence electrons. The first-order valence-electron chi connectivity index (χ1n) is 10.3. The number of carbonyl (C=O) groups excluding carboxylic acids is 2. The number of hydrogen-bond donors (Lipinski definition) is 1. The highest BCUT2D eigenvalue weighted by atomic mass is 16.5. The van der Waals surface area contributed by atoms with Crippen molar-refractivity contribution < 1.29 is 14.3 Å². The average molecular weight is 396 g/mol. The van der Waals surface area contributed by atoms with E-state index in [0.717, 1.165) is 35.7 Å². The number of ether oxygens (including phenoxy) is 1. The Morgan fingerprint density at radius 3 is 2.52 bits per heavy atom. The average Bonchev–Trinajstić information content (AvgIpc) is 3.39. The number of carbonyl (C=O) groups is 2. The van der Waals surface area contributed by atoms with E-state index in [4.69, 9.17) is 4.74 Å². The van der Waals surface area contributed by atoms with Gasteiger partial charge >= 0.3 is 0 Å². The molecule has 0 bridgehead atoms. The number of benzene rings is 1. The third-order valence-electron chi connectivity index (χ3n) is 5.99. The molecule has 0 saturated carbocycles. The summed E-state index contributed by atoms with van der Waals surface area (Å²) < 4.78 is 7.42. The van der Waals surface area contributed by atoms with Gasteiger partial charge in [0, 0.05) is 38.2 Å². The van der Waals surface area contributed by atoms with Crippen LogP contribution in [-0.2, 0) is 21.4 Å². The van der Waals surface area contributed by atoms with Gasteiger partial charge in [-0.05, 0) is 32.6 Å². The fraction of sp³-hybridized carbons (Fsp3) is 0.500. The van der Waals surface area contributed by atoms with Gasteiger partial charge in [-0.1, -0.05) is 30.3 Å². The summed E-state index contributed by atoms with van der Waals surface area (Å²) in [4.78, 5) is 32.0. The van der Waals surface area contributed by atoms with E-state index in [1.807, 2.05) is 53.8 Å². The molecule has 1 atom stereocenters. The van der Waals surface area contributed by atoms with Crippen LogP contribution in [0.4, 0.5) is 5.82 Å². The van der Waals surface area contributed by atoms with Crippen LogP contribution in [0.2, 0.25) is 0 Å². The number of piperidine rings is 1. The Morgan fingerprint density at radius 2 is 1.86 bits per heavy atom. The first-order chi connectivity index (χ1) is 14.0. The molecule has 0 aliphatic carbocycles. The number of aryl methyl sites for hydroxylation is 1. The zero-order chi connectivity index (χ0) is 20.4. The van der Waals surface area contributed by atoms with Gasteiger partial charge in [-0.25, -0.2) is 4.98 Å². The number of imidazole rings is 1. The second-order valence-electron chi connectivity index (χ2n) is 7.87. The maximum atomic E-state index is 13.0. The van der Waals surface area contributed by atoms with Crippen molar-refractivity contribution in [3.63, 3.8) is 0 Å². The number of anilines is 1. The van der Waals surface area contributed by atoms with E-state index in [-0.39, 0.29) is 23.8 Å². The van der Waals surface area contributed by atoms with Crippen molar-refractivity contribution in [1.82, 2.24) is 14.5 Å². The van der Waals surface area contributed by atoms with Gasteiger partial charge in [0.1, 0.15) is 23.4 Å². The van der Waals surface area contributed by atoms with Crippen LogP contribution >= 0.6 is 0 Å². The third kappa shape index (κ3) is 4.05. The van der Waals surface area contributed by atoms with Gasteiger partial charge in [-0.2, -0.15) is 0 Å². The summed E-state index contributed by atoms with van der Waals surface area (Å²) >= 11 is 0.